The van der Waals surface area contributed by atoms with E-state index in [1.807, 2.05) is 6.07 Å². The van der Waals surface area contributed by atoms with Crippen LogP contribution in [0.5, 0.6) is 0 Å². The zero-order chi connectivity index (χ0) is 10.1. The second-order valence-electron chi connectivity index (χ2n) is 2.74. The summed E-state index contributed by atoms with van der Waals surface area (Å²) in [5.41, 5.74) is 1.40. The third kappa shape index (κ3) is 5.57. The molecule has 13 heavy (non-hydrogen) atoms. The molecule has 3 heteroatoms. The van der Waals surface area contributed by atoms with Gasteiger partial charge in [-0.1, -0.05) is 30.3 Å². The van der Waals surface area contributed by atoms with E-state index in [9.17, 15) is 0 Å². The number of benzene rings is 1. The summed E-state index contributed by atoms with van der Waals surface area (Å²) in [5.74, 6) is 0. The highest BCUT2D eigenvalue weighted by molar-refractivity contribution is 6.49. The summed E-state index contributed by atoms with van der Waals surface area (Å²) in [6, 6.07) is 11.6. The maximum absolute atomic E-state index is 7.00. The van der Waals surface area contributed by atoms with Crippen molar-refractivity contribution in [2.75, 3.05) is 14.2 Å². The SMILES string of the molecule is CO.CO[SiH](C)Cc1ccccc1. The summed E-state index contributed by atoms with van der Waals surface area (Å²) in [6.07, 6.45) is 0. The van der Waals surface area contributed by atoms with Gasteiger partial charge in [0, 0.05) is 14.2 Å². The molecule has 1 aromatic carbocycles. The van der Waals surface area contributed by atoms with Gasteiger partial charge in [-0.2, -0.15) is 0 Å². The average Bonchev–Trinajstić information content (AvgIpc) is 2.22. The van der Waals surface area contributed by atoms with Crippen LogP contribution in [-0.4, -0.2) is 28.4 Å². The van der Waals surface area contributed by atoms with Gasteiger partial charge < -0.3 is 9.53 Å². The van der Waals surface area contributed by atoms with Gasteiger partial charge in [-0.25, -0.2) is 0 Å². The molecule has 0 spiro atoms. The van der Waals surface area contributed by atoms with Crippen molar-refractivity contribution in [1.82, 2.24) is 0 Å². The van der Waals surface area contributed by atoms with E-state index < -0.39 is 9.04 Å². The highest BCUT2D eigenvalue weighted by Gasteiger charge is 2.02. The van der Waals surface area contributed by atoms with Crippen LogP contribution in [0.15, 0.2) is 30.3 Å². The van der Waals surface area contributed by atoms with Gasteiger partial charge in [0.1, 0.15) is 0 Å². The van der Waals surface area contributed by atoms with Crippen LogP contribution >= 0.6 is 0 Å². The minimum atomic E-state index is -0.908. The Morgan fingerprint density at radius 3 is 2.23 bits per heavy atom. The molecule has 0 saturated heterocycles. The fourth-order valence-corrected chi connectivity index (χ4v) is 2.13. The number of hydrogen-bond donors (Lipinski definition) is 1. The van der Waals surface area contributed by atoms with Gasteiger partial charge in [0.2, 0.25) is 0 Å². The van der Waals surface area contributed by atoms with Crippen LogP contribution in [0.25, 0.3) is 0 Å². The Hall–Kier alpha value is -0.643. The molecule has 0 bridgehead atoms. The Morgan fingerprint density at radius 1 is 1.23 bits per heavy atom. The molecule has 0 heterocycles. The van der Waals surface area contributed by atoms with Gasteiger partial charge in [-0.05, 0) is 18.2 Å². The Bertz CT molecular complexity index is 201. The van der Waals surface area contributed by atoms with E-state index in [0.717, 1.165) is 13.2 Å². The lowest BCUT2D eigenvalue weighted by Crippen LogP contribution is -2.14. The topological polar surface area (TPSA) is 29.5 Å². The van der Waals surface area contributed by atoms with Crippen LogP contribution < -0.4 is 0 Å². The Balaban J connectivity index is 0.000000671. The van der Waals surface area contributed by atoms with E-state index in [2.05, 4.69) is 30.8 Å². The molecule has 0 aliphatic heterocycles. The van der Waals surface area contributed by atoms with Gasteiger partial charge in [-0.15, -0.1) is 0 Å². The fraction of sp³-hybridized carbons (Fsp3) is 0.400. The lowest BCUT2D eigenvalue weighted by atomic mass is 10.2. The molecule has 74 valence electrons. The Labute approximate surface area is 81.9 Å². The van der Waals surface area contributed by atoms with Gasteiger partial charge in [0.25, 0.3) is 0 Å². The van der Waals surface area contributed by atoms with Crippen molar-refractivity contribution in [3.63, 3.8) is 0 Å². The third-order valence-corrected chi connectivity index (χ3v) is 3.62. The number of rotatable bonds is 3. The first kappa shape index (κ1) is 12.4. The Morgan fingerprint density at radius 2 is 1.77 bits per heavy atom. The van der Waals surface area contributed by atoms with Crippen molar-refractivity contribution in [1.29, 1.82) is 0 Å². The van der Waals surface area contributed by atoms with E-state index >= 15 is 0 Å². The molecule has 0 aliphatic carbocycles. The van der Waals surface area contributed by atoms with Crippen molar-refractivity contribution in [2.24, 2.45) is 0 Å². The van der Waals surface area contributed by atoms with Gasteiger partial charge in [0.05, 0.1) is 0 Å². The highest BCUT2D eigenvalue weighted by Crippen LogP contribution is 2.01. The monoisotopic (exact) mass is 198 g/mol. The van der Waals surface area contributed by atoms with Crippen molar-refractivity contribution in [2.45, 2.75) is 12.6 Å². The van der Waals surface area contributed by atoms with Crippen LogP contribution in [0.1, 0.15) is 5.56 Å². The predicted molar refractivity (Wildman–Crippen MR) is 58.3 cm³/mol. The molecule has 0 saturated carbocycles. The van der Waals surface area contributed by atoms with Crippen LogP contribution in [0.4, 0.5) is 0 Å². The molecular formula is C10H18O2Si. The molecule has 0 amide bonds. The lowest BCUT2D eigenvalue weighted by Gasteiger charge is -2.06. The Kier molecular flexibility index (Phi) is 7.58. The largest absolute Gasteiger partial charge is 0.423 e. The normalized spacial score (nSPS) is 11.4. The van der Waals surface area contributed by atoms with Crippen LogP contribution in [0.2, 0.25) is 6.55 Å². The minimum Gasteiger partial charge on any atom is -0.423 e. The van der Waals surface area contributed by atoms with E-state index in [-0.39, 0.29) is 0 Å². The van der Waals surface area contributed by atoms with E-state index in [1.54, 1.807) is 7.11 Å². The molecule has 1 N–H and O–H groups in total. The molecular weight excluding hydrogens is 180 g/mol. The minimum absolute atomic E-state index is 0.908. The van der Waals surface area contributed by atoms with E-state index in [0.29, 0.717) is 0 Å². The first-order valence-electron chi connectivity index (χ1n) is 4.34. The predicted octanol–water partition coefficient (Wildman–Crippen LogP) is 1.38. The second kappa shape index (κ2) is 7.98. The molecule has 0 fully saturated rings. The van der Waals surface area contributed by atoms with Crippen molar-refractivity contribution in [3.05, 3.63) is 35.9 Å². The number of aliphatic hydroxyl groups excluding tert-OH is 1. The van der Waals surface area contributed by atoms with Crippen LogP contribution in [-0.2, 0) is 10.5 Å². The molecule has 1 aromatic rings. The molecule has 1 unspecified atom stereocenters. The van der Waals surface area contributed by atoms with Gasteiger partial charge in [-0.3, -0.25) is 0 Å². The molecule has 2 nitrogen and oxygen atoms in total. The van der Waals surface area contributed by atoms with Crippen LogP contribution in [0.3, 0.4) is 0 Å². The van der Waals surface area contributed by atoms with E-state index in [4.69, 9.17) is 9.53 Å². The fourth-order valence-electron chi connectivity index (χ4n) is 1.03. The summed E-state index contributed by atoms with van der Waals surface area (Å²) in [7, 11) is 1.90. The number of hydrogen-bond acceptors (Lipinski definition) is 2. The average molecular weight is 198 g/mol. The molecule has 0 aliphatic rings. The zero-order valence-electron chi connectivity index (χ0n) is 8.53. The van der Waals surface area contributed by atoms with Crippen molar-refractivity contribution in [3.8, 4) is 0 Å². The molecule has 0 aromatic heterocycles. The number of aliphatic hydroxyl groups is 1. The zero-order valence-corrected chi connectivity index (χ0v) is 9.68. The lowest BCUT2D eigenvalue weighted by molar-refractivity contribution is 0.399. The van der Waals surface area contributed by atoms with Crippen molar-refractivity contribution >= 4 is 9.04 Å². The second-order valence-corrected chi connectivity index (χ2v) is 5.24. The maximum atomic E-state index is 7.00. The summed E-state index contributed by atoms with van der Waals surface area (Å²) >= 11 is 0. The first-order chi connectivity index (χ1) is 6.33. The summed E-state index contributed by atoms with van der Waals surface area (Å²) in [4.78, 5) is 0. The summed E-state index contributed by atoms with van der Waals surface area (Å²) in [6.45, 7) is 2.22. The standard InChI is InChI=1S/C9H14OSi.CH4O/c1-10-11(2)8-9-6-4-3-5-7-9;1-2/h3-7,11H,8H2,1-2H3;2H,1H3. The first-order valence-corrected chi connectivity index (χ1v) is 6.78. The summed E-state index contributed by atoms with van der Waals surface area (Å²) < 4.78 is 5.29. The van der Waals surface area contributed by atoms with Gasteiger partial charge >= 0.3 is 0 Å². The van der Waals surface area contributed by atoms with E-state index in [1.165, 1.54) is 5.56 Å². The van der Waals surface area contributed by atoms with Gasteiger partial charge in [0.15, 0.2) is 9.04 Å². The quantitative estimate of drug-likeness (QED) is 0.744. The summed E-state index contributed by atoms with van der Waals surface area (Å²) in [5, 5.41) is 7.00. The van der Waals surface area contributed by atoms with Crippen LogP contribution in [0, 0.1) is 0 Å². The third-order valence-electron chi connectivity index (χ3n) is 1.77. The molecule has 0 radical (unpaired) electrons. The highest BCUT2D eigenvalue weighted by atomic mass is 28.3. The molecule has 1 rings (SSSR count). The van der Waals surface area contributed by atoms with Crippen molar-refractivity contribution < 1.29 is 9.53 Å². The maximum Gasteiger partial charge on any atom is 0.177 e. The molecule has 1 atom stereocenters. The smallest absolute Gasteiger partial charge is 0.177 e.